The third kappa shape index (κ3) is 5.32. The molecule has 0 aromatic heterocycles. The minimum Gasteiger partial charge on any atom is -0.462 e. The lowest BCUT2D eigenvalue weighted by molar-refractivity contribution is -0.137. The maximum absolute atomic E-state index is 11.1. The van der Waals surface area contributed by atoms with Crippen molar-refractivity contribution in [3.63, 3.8) is 0 Å². The fourth-order valence-corrected chi connectivity index (χ4v) is 2.74. The third-order valence-electron chi connectivity index (χ3n) is 4.31. The maximum Gasteiger partial charge on any atom is 0.330 e. The number of nitrogens with one attached hydrogen (secondary N) is 1. The van der Waals surface area contributed by atoms with E-state index >= 15 is 0 Å². The van der Waals surface area contributed by atoms with Crippen LogP contribution < -0.4 is 5.32 Å². The number of carbonyl (C=O) groups excluding carboxylic acids is 1. The summed E-state index contributed by atoms with van der Waals surface area (Å²) in [6.07, 6.45) is 1.87. The second-order valence-corrected chi connectivity index (χ2v) is 6.39. The lowest BCUT2D eigenvalue weighted by Crippen LogP contribution is -2.04. The van der Waals surface area contributed by atoms with Gasteiger partial charge in [-0.25, -0.2) is 4.79 Å². The molecule has 1 N–H and O–H groups in total. The van der Waals surface area contributed by atoms with Crippen molar-refractivity contribution in [1.29, 1.82) is 0 Å². The second kappa shape index (κ2) is 8.86. The first-order valence-corrected chi connectivity index (χ1v) is 8.96. The molecule has 27 heavy (non-hydrogen) atoms. The zero-order valence-corrected chi connectivity index (χ0v) is 15.4. The van der Waals surface area contributed by atoms with E-state index in [-0.39, 0.29) is 5.97 Å². The summed E-state index contributed by atoms with van der Waals surface area (Å²) >= 11 is 0. The normalized spacial score (nSPS) is 10.3. The second-order valence-electron chi connectivity index (χ2n) is 6.39. The Hall–Kier alpha value is -3.33. The van der Waals surface area contributed by atoms with Crippen LogP contribution >= 0.6 is 0 Å². The Bertz CT molecular complexity index is 895. The number of anilines is 2. The predicted octanol–water partition coefficient (Wildman–Crippen LogP) is 5.68. The predicted molar refractivity (Wildman–Crippen MR) is 111 cm³/mol. The molecule has 0 atom stereocenters. The smallest absolute Gasteiger partial charge is 0.330 e. The van der Waals surface area contributed by atoms with Crippen molar-refractivity contribution in [2.45, 2.75) is 13.3 Å². The van der Waals surface area contributed by atoms with Crippen molar-refractivity contribution < 1.29 is 9.53 Å². The van der Waals surface area contributed by atoms with Crippen molar-refractivity contribution in [2.24, 2.45) is 0 Å². The van der Waals surface area contributed by atoms with Gasteiger partial charge in [-0.05, 0) is 47.9 Å². The van der Waals surface area contributed by atoms with Gasteiger partial charge in [0.2, 0.25) is 0 Å². The molecule has 3 aromatic carbocycles. The molecule has 0 bridgehead atoms. The number of hydrogen-bond acceptors (Lipinski definition) is 3. The average molecular weight is 357 g/mol. The number of benzene rings is 3. The van der Waals surface area contributed by atoms with E-state index in [1.54, 1.807) is 0 Å². The summed E-state index contributed by atoms with van der Waals surface area (Å²) in [5, 5.41) is 3.41. The SMILES string of the molecule is C=CC(=O)OCCc1ccc(-c2ccc(Nc3ccc(C)cc3)cc2)cc1. The number of rotatable bonds is 7. The first-order valence-electron chi connectivity index (χ1n) is 8.96. The minimum absolute atomic E-state index is 0.365. The van der Waals surface area contributed by atoms with Crippen LogP contribution in [0.3, 0.4) is 0 Å². The van der Waals surface area contributed by atoms with Crippen molar-refractivity contribution in [3.05, 3.63) is 96.6 Å². The van der Waals surface area contributed by atoms with Gasteiger partial charge < -0.3 is 10.1 Å². The molecule has 3 heteroatoms. The molecule has 3 aromatic rings. The minimum atomic E-state index is -0.383. The van der Waals surface area contributed by atoms with Crippen LogP contribution in [-0.2, 0) is 16.0 Å². The van der Waals surface area contributed by atoms with Crippen LogP contribution in [0.2, 0.25) is 0 Å². The Labute approximate surface area is 160 Å². The molecule has 0 heterocycles. The van der Waals surface area contributed by atoms with Crippen LogP contribution in [0.5, 0.6) is 0 Å². The molecule has 0 amide bonds. The highest BCUT2D eigenvalue weighted by atomic mass is 16.5. The van der Waals surface area contributed by atoms with Crippen molar-refractivity contribution in [1.82, 2.24) is 0 Å². The zero-order chi connectivity index (χ0) is 19.1. The highest BCUT2D eigenvalue weighted by molar-refractivity contribution is 5.81. The van der Waals surface area contributed by atoms with Crippen molar-refractivity contribution in [3.8, 4) is 11.1 Å². The largest absolute Gasteiger partial charge is 0.462 e. The summed E-state index contributed by atoms with van der Waals surface area (Å²) in [5.41, 5.74) is 6.84. The lowest BCUT2D eigenvalue weighted by atomic mass is 10.0. The summed E-state index contributed by atoms with van der Waals surface area (Å²) in [6, 6.07) is 25.0. The molecule has 3 nitrogen and oxygen atoms in total. The summed E-state index contributed by atoms with van der Waals surface area (Å²) in [7, 11) is 0. The van der Waals surface area contributed by atoms with E-state index in [0.29, 0.717) is 13.0 Å². The number of hydrogen-bond donors (Lipinski definition) is 1. The van der Waals surface area contributed by atoms with Crippen molar-refractivity contribution >= 4 is 17.3 Å². The van der Waals surface area contributed by atoms with Gasteiger partial charge >= 0.3 is 5.97 Å². The van der Waals surface area contributed by atoms with E-state index in [4.69, 9.17) is 4.74 Å². The zero-order valence-electron chi connectivity index (χ0n) is 15.4. The van der Waals surface area contributed by atoms with E-state index in [9.17, 15) is 4.79 Å². The molecule has 0 spiro atoms. The molecule has 0 aliphatic rings. The number of esters is 1. The molecule has 0 aliphatic heterocycles. The lowest BCUT2D eigenvalue weighted by Gasteiger charge is -2.09. The fraction of sp³-hybridized carbons (Fsp3) is 0.125. The van der Waals surface area contributed by atoms with Gasteiger partial charge in [0.15, 0.2) is 0 Å². The van der Waals surface area contributed by atoms with Crippen molar-refractivity contribution in [2.75, 3.05) is 11.9 Å². The molecule has 136 valence electrons. The van der Waals surface area contributed by atoms with Crippen LogP contribution in [-0.4, -0.2) is 12.6 Å². The van der Waals surface area contributed by atoms with Gasteiger partial charge in [0, 0.05) is 23.9 Å². The van der Waals surface area contributed by atoms with E-state index in [1.165, 1.54) is 11.6 Å². The number of ether oxygens (including phenoxy) is 1. The quantitative estimate of drug-likeness (QED) is 0.437. The van der Waals surface area contributed by atoms with Crippen LogP contribution in [0.4, 0.5) is 11.4 Å². The first kappa shape index (κ1) is 18.5. The van der Waals surface area contributed by atoms with Gasteiger partial charge in [0.1, 0.15) is 0 Å². The summed E-state index contributed by atoms with van der Waals surface area (Å²) in [6.45, 7) is 5.83. The topological polar surface area (TPSA) is 38.3 Å². The van der Waals surface area contributed by atoms with E-state index in [0.717, 1.165) is 28.1 Å². The summed E-state index contributed by atoms with van der Waals surface area (Å²) in [4.78, 5) is 11.1. The highest BCUT2D eigenvalue weighted by Gasteiger charge is 2.01. The van der Waals surface area contributed by atoms with Crippen LogP contribution in [0.25, 0.3) is 11.1 Å². The highest BCUT2D eigenvalue weighted by Crippen LogP contribution is 2.24. The van der Waals surface area contributed by atoms with Gasteiger partial charge in [-0.3, -0.25) is 0 Å². The maximum atomic E-state index is 11.1. The van der Waals surface area contributed by atoms with E-state index in [2.05, 4.69) is 91.6 Å². The number of aryl methyl sites for hydroxylation is 1. The Morgan fingerprint density at radius 3 is 1.96 bits per heavy atom. The van der Waals surface area contributed by atoms with Gasteiger partial charge in [-0.15, -0.1) is 0 Å². The van der Waals surface area contributed by atoms with Gasteiger partial charge in [-0.1, -0.05) is 60.7 Å². The monoisotopic (exact) mass is 357 g/mol. The molecule has 3 rings (SSSR count). The average Bonchev–Trinajstić information content (AvgIpc) is 2.71. The van der Waals surface area contributed by atoms with Gasteiger partial charge in [-0.2, -0.15) is 0 Å². The standard InChI is InChI=1S/C24H23NO2/c1-3-24(26)27-17-16-19-6-8-20(9-7-19)21-10-14-23(15-11-21)25-22-12-4-18(2)5-13-22/h3-15,25H,1,16-17H2,2H3. The van der Waals surface area contributed by atoms with E-state index < -0.39 is 0 Å². The number of carbonyl (C=O) groups is 1. The molecule has 0 saturated carbocycles. The Kier molecular flexibility index (Phi) is 6.06. The first-order chi connectivity index (χ1) is 13.1. The Morgan fingerprint density at radius 2 is 1.41 bits per heavy atom. The molecule has 0 aliphatic carbocycles. The van der Waals surface area contributed by atoms with Gasteiger partial charge in [0.05, 0.1) is 6.61 Å². The molecule has 0 radical (unpaired) electrons. The van der Waals surface area contributed by atoms with Crippen LogP contribution in [0.1, 0.15) is 11.1 Å². The fourth-order valence-electron chi connectivity index (χ4n) is 2.74. The van der Waals surface area contributed by atoms with Crippen LogP contribution in [0.15, 0.2) is 85.5 Å². The molecule has 0 saturated heterocycles. The summed E-state index contributed by atoms with van der Waals surface area (Å²) in [5.74, 6) is -0.383. The molecular formula is C24H23NO2. The molecule has 0 unspecified atom stereocenters. The van der Waals surface area contributed by atoms with E-state index in [1.807, 2.05) is 0 Å². The molecular weight excluding hydrogens is 334 g/mol. The molecule has 0 fully saturated rings. The Morgan fingerprint density at radius 1 is 0.889 bits per heavy atom. The summed E-state index contributed by atoms with van der Waals surface area (Å²) < 4.78 is 5.01. The van der Waals surface area contributed by atoms with Gasteiger partial charge in [0.25, 0.3) is 0 Å². The van der Waals surface area contributed by atoms with Crippen LogP contribution in [0, 0.1) is 6.92 Å². The Balaban J connectivity index is 1.60. The third-order valence-corrected chi connectivity index (χ3v) is 4.31.